The topological polar surface area (TPSA) is 69.6 Å². The quantitative estimate of drug-likeness (QED) is 0.662. The predicted octanol–water partition coefficient (Wildman–Crippen LogP) is 0.801. The third-order valence-electron chi connectivity index (χ3n) is 2.44. The average Bonchev–Trinajstić information content (AvgIpc) is 2.20. The van der Waals surface area contributed by atoms with Crippen LogP contribution in [0.5, 0.6) is 0 Å². The number of hydrogen-bond acceptors (Lipinski definition) is 3. The van der Waals surface area contributed by atoms with Crippen molar-refractivity contribution in [1.29, 1.82) is 0 Å². The lowest BCUT2D eigenvalue weighted by atomic mass is 9.97. The van der Waals surface area contributed by atoms with Gasteiger partial charge >= 0.3 is 5.97 Å². The summed E-state index contributed by atoms with van der Waals surface area (Å²) in [5.74, 6) is -1.10. The van der Waals surface area contributed by atoms with Crippen molar-refractivity contribution in [2.45, 2.75) is 26.7 Å². The van der Waals surface area contributed by atoms with Crippen molar-refractivity contribution in [3.05, 3.63) is 0 Å². The van der Waals surface area contributed by atoms with E-state index in [2.05, 4.69) is 5.32 Å². The van der Waals surface area contributed by atoms with E-state index in [4.69, 9.17) is 5.11 Å². The Morgan fingerprint density at radius 3 is 2.29 bits per heavy atom. The summed E-state index contributed by atoms with van der Waals surface area (Å²) in [6.45, 7) is 4.85. The fourth-order valence-corrected chi connectivity index (χ4v) is 1.49. The van der Waals surface area contributed by atoms with Crippen LogP contribution in [-0.2, 0) is 9.59 Å². The van der Waals surface area contributed by atoms with E-state index < -0.39 is 11.9 Å². The molecule has 2 N–H and O–H groups in total. The van der Waals surface area contributed by atoms with Crippen molar-refractivity contribution in [2.75, 3.05) is 27.2 Å². The second kappa shape index (κ2) is 8.06. The number of amides is 1. The number of carbonyl (C=O) groups is 2. The molecule has 0 heterocycles. The van der Waals surface area contributed by atoms with E-state index >= 15 is 0 Å². The van der Waals surface area contributed by atoms with Crippen LogP contribution in [0.25, 0.3) is 0 Å². The highest BCUT2D eigenvalue weighted by Crippen LogP contribution is 2.11. The molecule has 5 nitrogen and oxygen atoms in total. The maximum absolute atomic E-state index is 11.4. The Morgan fingerprint density at radius 2 is 1.88 bits per heavy atom. The summed E-state index contributed by atoms with van der Waals surface area (Å²) in [6.07, 6.45) is 0.990. The monoisotopic (exact) mass is 244 g/mol. The Hall–Kier alpha value is -1.10. The van der Waals surface area contributed by atoms with E-state index in [1.807, 2.05) is 32.8 Å². The number of carboxylic acid groups (broad SMARTS) is 1. The van der Waals surface area contributed by atoms with Gasteiger partial charge in [0, 0.05) is 19.5 Å². The minimum atomic E-state index is -0.841. The van der Waals surface area contributed by atoms with Crippen LogP contribution in [0.4, 0.5) is 0 Å². The zero-order valence-corrected chi connectivity index (χ0v) is 11.2. The van der Waals surface area contributed by atoms with Gasteiger partial charge in [0.05, 0.1) is 5.92 Å². The van der Waals surface area contributed by atoms with Gasteiger partial charge in [0.2, 0.25) is 5.91 Å². The van der Waals surface area contributed by atoms with Crippen molar-refractivity contribution in [1.82, 2.24) is 10.2 Å². The SMILES string of the molecule is CC(C)CC(CNC(=O)CCN(C)C)C(=O)O. The van der Waals surface area contributed by atoms with Crippen LogP contribution in [0, 0.1) is 11.8 Å². The van der Waals surface area contributed by atoms with Gasteiger partial charge in [0.25, 0.3) is 0 Å². The molecule has 0 aromatic rings. The van der Waals surface area contributed by atoms with Crippen molar-refractivity contribution >= 4 is 11.9 Å². The Bertz CT molecular complexity index is 252. The molecule has 5 heteroatoms. The maximum atomic E-state index is 11.4. The summed E-state index contributed by atoms with van der Waals surface area (Å²) in [6, 6.07) is 0. The Labute approximate surface area is 103 Å². The zero-order valence-electron chi connectivity index (χ0n) is 11.2. The first-order valence-electron chi connectivity index (χ1n) is 5.97. The summed E-state index contributed by atoms with van der Waals surface area (Å²) in [7, 11) is 3.79. The third-order valence-corrected chi connectivity index (χ3v) is 2.44. The summed E-state index contributed by atoms with van der Waals surface area (Å²) in [4.78, 5) is 24.3. The third kappa shape index (κ3) is 8.68. The van der Waals surface area contributed by atoms with Gasteiger partial charge in [-0.25, -0.2) is 0 Å². The van der Waals surface area contributed by atoms with Gasteiger partial charge in [-0.2, -0.15) is 0 Å². The molecule has 0 saturated carbocycles. The minimum Gasteiger partial charge on any atom is -0.481 e. The fourth-order valence-electron chi connectivity index (χ4n) is 1.49. The van der Waals surface area contributed by atoms with E-state index in [9.17, 15) is 9.59 Å². The second-order valence-corrected chi connectivity index (χ2v) is 5.02. The molecule has 1 amide bonds. The molecule has 0 aliphatic carbocycles. The van der Waals surface area contributed by atoms with E-state index in [-0.39, 0.29) is 12.5 Å². The van der Waals surface area contributed by atoms with Gasteiger partial charge in [-0.05, 0) is 26.4 Å². The largest absolute Gasteiger partial charge is 0.481 e. The number of hydrogen-bond donors (Lipinski definition) is 2. The first-order valence-corrected chi connectivity index (χ1v) is 5.97. The summed E-state index contributed by atoms with van der Waals surface area (Å²) >= 11 is 0. The standard InChI is InChI=1S/C12H24N2O3/c1-9(2)7-10(12(16)17)8-13-11(15)5-6-14(3)4/h9-10H,5-8H2,1-4H3,(H,13,15)(H,16,17). The molecule has 0 aliphatic heterocycles. The van der Waals surface area contributed by atoms with Crippen molar-refractivity contribution < 1.29 is 14.7 Å². The van der Waals surface area contributed by atoms with E-state index in [0.717, 1.165) is 0 Å². The number of nitrogens with one attached hydrogen (secondary N) is 1. The van der Waals surface area contributed by atoms with E-state index in [1.165, 1.54) is 0 Å². The molecule has 17 heavy (non-hydrogen) atoms. The summed E-state index contributed by atoms with van der Waals surface area (Å²) in [5, 5.41) is 11.7. The number of rotatable bonds is 8. The molecule has 0 bridgehead atoms. The number of carboxylic acids is 1. The second-order valence-electron chi connectivity index (χ2n) is 5.02. The van der Waals surface area contributed by atoms with Crippen LogP contribution in [0.1, 0.15) is 26.7 Å². The normalized spacial score (nSPS) is 12.8. The molecule has 0 aromatic heterocycles. The van der Waals surface area contributed by atoms with Gasteiger partial charge in [0.15, 0.2) is 0 Å². The minimum absolute atomic E-state index is 0.0892. The van der Waals surface area contributed by atoms with E-state index in [0.29, 0.717) is 25.3 Å². The van der Waals surface area contributed by atoms with Gasteiger partial charge in [-0.1, -0.05) is 13.8 Å². The smallest absolute Gasteiger partial charge is 0.308 e. The van der Waals surface area contributed by atoms with Crippen molar-refractivity contribution in [3.63, 3.8) is 0 Å². The van der Waals surface area contributed by atoms with Gasteiger partial charge < -0.3 is 15.3 Å². The predicted molar refractivity (Wildman–Crippen MR) is 66.8 cm³/mol. The van der Waals surface area contributed by atoms with Crippen LogP contribution >= 0.6 is 0 Å². The summed E-state index contributed by atoms with van der Waals surface area (Å²) < 4.78 is 0. The maximum Gasteiger partial charge on any atom is 0.308 e. The molecule has 0 radical (unpaired) electrons. The molecule has 0 saturated heterocycles. The zero-order chi connectivity index (χ0) is 13.4. The van der Waals surface area contributed by atoms with Crippen molar-refractivity contribution in [2.24, 2.45) is 11.8 Å². The number of nitrogens with zero attached hydrogens (tertiary/aromatic N) is 1. The van der Waals surface area contributed by atoms with Crippen LogP contribution < -0.4 is 5.32 Å². The molecule has 0 aliphatic rings. The van der Waals surface area contributed by atoms with Crippen LogP contribution in [0.15, 0.2) is 0 Å². The van der Waals surface area contributed by atoms with Gasteiger partial charge in [-0.3, -0.25) is 9.59 Å². The molecule has 1 atom stereocenters. The van der Waals surface area contributed by atoms with Gasteiger partial charge in [-0.15, -0.1) is 0 Å². The lowest BCUT2D eigenvalue weighted by Crippen LogP contribution is -2.34. The van der Waals surface area contributed by atoms with E-state index in [1.54, 1.807) is 0 Å². The molecular weight excluding hydrogens is 220 g/mol. The highest BCUT2D eigenvalue weighted by Gasteiger charge is 2.19. The molecule has 0 aromatic carbocycles. The molecule has 0 rings (SSSR count). The highest BCUT2D eigenvalue weighted by atomic mass is 16.4. The fraction of sp³-hybridized carbons (Fsp3) is 0.833. The molecule has 0 fully saturated rings. The van der Waals surface area contributed by atoms with Gasteiger partial charge in [0.1, 0.15) is 0 Å². The first-order chi connectivity index (χ1) is 7.82. The number of aliphatic carboxylic acids is 1. The van der Waals surface area contributed by atoms with Crippen LogP contribution in [-0.4, -0.2) is 49.1 Å². The van der Waals surface area contributed by atoms with Crippen molar-refractivity contribution in [3.8, 4) is 0 Å². The molecule has 1 unspecified atom stereocenters. The summed E-state index contributed by atoms with van der Waals surface area (Å²) in [5.41, 5.74) is 0. The Balaban J connectivity index is 3.95. The van der Waals surface area contributed by atoms with Crippen LogP contribution in [0.3, 0.4) is 0 Å². The highest BCUT2D eigenvalue weighted by molar-refractivity contribution is 5.77. The molecule has 100 valence electrons. The van der Waals surface area contributed by atoms with Crippen LogP contribution in [0.2, 0.25) is 0 Å². The molecule has 0 spiro atoms. The lowest BCUT2D eigenvalue weighted by molar-refractivity contribution is -0.142. The Morgan fingerprint density at radius 1 is 1.29 bits per heavy atom. The molecular formula is C12H24N2O3. The lowest BCUT2D eigenvalue weighted by Gasteiger charge is -2.16. The number of carbonyl (C=O) groups excluding carboxylic acids is 1. The Kier molecular flexibility index (Phi) is 7.54. The average molecular weight is 244 g/mol. The first kappa shape index (κ1) is 15.9.